The van der Waals surface area contributed by atoms with Crippen LogP contribution in [0.1, 0.15) is 17.2 Å². The van der Waals surface area contributed by atoms with Gasteiger partial charge in [-0.3, -0.25) is 9.78 Å². The molecule has 27 heavy (non-hydrogen) atoms. The number of aromatic nitrogens is 5. The first-order valence-corrected chi connectivity index (χ1v) is 8.92. The Kier molecular flexibility index (Phi) is 4.88. The van der Waals surface area contributed by atoms with Gasteiger partial charge in [-0.15, -0.1) is 10.2 Å². The minimum absolute atomic E-state index is 0.0732. The number of carbonyl (C=O) groups is 1. The number of tetrazole rings is 1. The maximum absolute atomic E-state index is 13.0. The molecule has 0 saturated carbocycles. The van der Waals surface area contributed by atoms with Crippen molar-refractivity contribution in [2.45, 2.75) is 12.5 Å². The lowest BCUT2D eigenvalue weighted by Gasteiger charge is -2.40. The molecule has 3 heterocycles. The number of aromatic amines is 1. The van der Waals surface area contributed by atoms with Gasteiger partial charge in [0.1, 0.15) is 5.69 Å². The normalized spacial score (nSPS) is 17.8. The molecule has 138 valence electrons. The van der Waals surface area contributed by atoms with Crippen molar-refractivity contribution in [2.75, 3.05) is 26.7 Å². The van der Waals surface area contributed by atoms with Gasteiger partial charge in [0.25, 0.3) is 0 Å². The van der Waals surface area contributed by atoms with Crippen molar-refractivity contribution >= 4 is 5.91 Å². The second-order valence-corrected chi connectivity index (χ2v) is 6.74. The fourth-order valence-corrected chi connectivity index (χ4v) is 3.39. The van der Waals surface area contributed by atoms with Gasteiger partial charge >= 0.3 is 0 Å². The van der Waals surface area contributed by atoms with E-state index in [9.17, 15) is 4.79 Å². The van der Waals surface area contributed by atoms with Crippen LogP contribution in [0.3, 0.4) is 0 Å². The number of hydrogen-bond donors (Lipinski definition) is 1. The number of carbonyl (C=O) groups excluding carboxylic acids is 1. The smallest absolute Gasteiger partial charge is 0.227 e. The van der Waals surface area contributed by atoms with Crippen LogP contribution in [0.4, 0.5) is 0 Å². The first-order chi connectivity index (χ1) is 13.2. The van der Waals surface area contributed by atoms with Crippen molar-refractivity contribution in [1.82, 2.24) is 35.4 Å². The maximum atomic E-state index is 13.0. The SMILES string of the molecule is CN1CCN(C(=O)Cc2ccc(-c3nn[nH]n3)nc2)C(c2ccccc2)C1. The van der Waals surface area contributed by atoms with Gasteiger partial charge in [-0.25, -0.2) is 0 Å². The summed E-state index contributed by atoms with van der Waals surface area (Å²) in [6, 6.07) is 14.0. The Morgan fingerprint density at radius 2 is 2.04 bits per heavy atom. The molecule has 1 atom stereocenters. The van der Waals surface area contributed by atoms with Crippen LogP contribution >= 0.6 is 0 Å². The third-order valence-corrected chi connectivity index (χ3v) is 4.84. The van der Waals surface area contributed by atoms with E-state index in [4.69, 9.17) is 0 Å². The molecule has 1 aliphatic heterocycles. The molecule has 0 aliphatic carbocycles. The minimum atomic E-state index is 0.0732. The number of nitrogens with zero attached hydrogens (tertiary/aromatic N) is 6. The highest BCUT2D eigenvalue weighted by atomic mass is 16.2. The first kappa shape index (κ1) is 17.3. The van der Waals surface area contributed by atoms with Gasteiger partial charge in [-0.2, -0.15) is 5.21 Å². The number of pyridine rings is 1. The molecule has 2 aromatic heterocycles. The van der Waals surface area contributed by atoms with Gasteiger partial charge in [0, 0.05) is 25.8 Å². The maximum Gasteiger partial charge on any atom is 0.227 e. The lowest BCUT2D eigenvalue weighted by Crippen LogP contribution is -2.49. The molecule has 3 aromatic rings. The summed E-state index contributed by atoms with van der Waals surface area (Å²) in [5.41, 5.74) is 2.67. The third kappa shape index (κ3) is 3.85. The van der Waals surface area contributed by atoms with Crippen LogP contribution in [0.2, 0.25) is 0 Å². The number of likely N-dealkylation sites (N-methyl/N-ethyl adjacent to an activating group) is 1. The van der Waals surface area contributed by atoms with Crippen molar-refractivity contribution in [2.24, 2.45) is 0 Å². The molecule has 1 amide bonds. The van der Waals surface area contributed by atoms with Crippen LogP contribution in [0, 0.1) is 0 Å². The zero-order chi connectivity index (χ0) is 18.6. The summed E-state index contributed by atoms with van der Waals surface area (Å²) in [5, 5.41) is 13.8. The second-order valence-electron chi connectivity index (χ2n) is 6.74. The molecule has 0 bridgehead atoms. The monoisotopic (exact) mass is 363 g/mol. The summed E-state index contributed by atoms with van der Waals surface area (Å²) in [6.45, 7) is 2.44. The van der Waals surface area contributed by atoms with Crippen molar-refractivity contribution in [3.63, 3.8) is 0 Å². The van der Waals surface area contributed by atoms with Crippen LogP contribution in [0.25, 0.3) is 11.5 Å². The van der Waals surface area contributed by atoms with Crippen LogP contribution in [-0.4, -0.2) is 68.0 Å². The number of H-pyrrole nitrogens is 1. The Hall–Kier alpha value is -3.13. The van der Waals surface area contributed by atoms with E-state index in [1.165, 1.54) is 5.56 Å². The summed E-state index contributed by atoms with van der Waals surface area (Å²) in [6.07, 6.45) is 2.03. The number of nitrogens with one attached hydrogen (secondary N) is 1. The number of amides is 1. The standard InChI is InChI=1S/C19H21N7O/c1-25-9-10-26(17(13-25)15-5-3-2-4-6-15)18(27)11-14-7-8-16(20-12-14)19-21-23-24-22-19/h2-8,12,17H,9-11,13H2,1H3,(H,21,22,23,24). The van der Waals surface area contributed by atoms with Crippen molar-refractivity contribution < 1.29 is 4.79 Å². The van der Waals surface area contributed by atoms with E-state index in [2.05, 4.69) is 49.7 Å². The van der Waals surface area contributed by atoms with Gasteiger partial charge in [-0.05, 0) is 29.5 Å². The molecule has 1 saturated heterocycles. The summed E-state index contributed by atoms with van der Waals surface area (Å²) in [7, 11) is 2.10. The molecule has 8 nitrogen and oxygen atoms in total. The molecular formula is C19H21N7O. The van der Waals surface area contributed by atoms with E-state index in [0.717, 1.165) is 25.2 Å². The highest BCUT2D eigenvalue weighted by Gasteiger charge is 2.30. The second kappa shape index (κ2) is 7.63. The van der Waals surface area contributed by atoms with E-state index < -0.39 is 0 Å². The molecule has 0 radical (unpaired) electrons. The number of rotatable bonds is 4. The number of benzene rings is 1. The fourth-order valence-electron chi connectivity index (χ4n) is 3.39. The lowest BCUT2D eigenvalue weighted by atomic mass is 10.0. The molecular weight excluding hydrogens is 342 g/mol. The quantitative estimate of drug-likeness (QED) is 0.752. The summed E-state index contributed by atoms with van der Waals surface area (Å²) < 4.78 is 0. The third-order valence-electron chi connectivity index (χ3n) is 4.84. The predicted molar refractivity (Wildman–Crippen MR) is 99.5 cm³/mol. The van der Waals surface area contributed by atoms with E-state index in [1.807, 2.05) is 35.2 Å². The minimum Gasteiger partial charge on any atom is -0.333 e. The molecule has 1 unspecified atom stereocenters. The van der Waals surface area contributed by atoms with Gasteiger partial charge in [0.2, 0.25) is 11.7 Å². The zero-order valence-electron chi connectivity index (χ0n) is 15.1. The highest BCUT2D eigenvalue weighted by Crippen LogP contribution is 2.25. The van der Waals surface area contributed by atoms with E-state index >= 15 is 0 Å². The Labute approximate surface area is 157 Å². The van der Waals surface area contributed by atoms with Crippen LogP contribution < -0.4 is 0 Å². The largest absolute Gasteiger partial charge is 0.333 e. The van der Waals surface area contributed by atoms with Crippen LogP contribution in [-0.2, 0) is 11.2 Å². The van der Waals surface area contributed by atoms with E-state index in [1.54, 1.807) is 6.20 Å². The first-order valence-electron chi connectivity index (χ1n) is 8.92. The lowest BCUT2D eigenvalue weighted by molar-refractivity contribution is -0.135. The molecule has 4 rings (SSSR count). The molecule has 1 aliphatic rings. The Morgan fingerprint density at radius 3 is 2.74 bits per heavy atom. The van der Waals surface area contributed by atoms with Crippen LogP contribution in [0.5, 0.6) is 0 Å². The zero-order valence-corrected chi connectivity index (χ0v) is 15.1. The van der Waals surface area contributed by atoms with Gasteiger partial charge in [0.05, 0.1) is 12.5 Å². The molecule has 8 heteroatoms. The average Bonchev–Trinajstić information content (AvgIpc) is 3.24. The number of piperazine rings is 1. The Morgan fingerprint density at radius 1 is 1.19 bits per heavy atom. The Balaban J connectivity index is 1.49. The highest BCUT2D eigenvalue weighted by molar-refractivity contribution is 5.79. The van der Waals surface area contributed by atoms with E-state index in [-0.39, 0.29) is 11.9 Å². The van der Waals surface area contributed by atoms with Gasteiger partial charge in [0.15, 0.2) is 0 Å². The summed E-state index contributed by atoms with van der Waals surface area (Å²) >= 11 is 0. The Bertz CT molecular complexity index is 880. The van der Waals surface area contributed by atoms with Crippen molar-refractivity contribution in [3.8, 4) is 11.5 Å². The van der Waals surface area contributed by atoms with Crippen molar-refractivity contribution in [1.29, 1.82) is 0 Å². The van der Waals surface area contributed by atoms with Gasteiger partial charge < -0.3 is 9.80 Å². The summed E-state index contributed by atoms with van der Waals surface area (Å²) in [4.78, 5) is 21.6. The predicted octanol–water partition coefficient (Wildman–Crippen LogP) is 1.32. The average molecular weight is 363 g/mol. The topological polar surface area (TPSA) is 90.9 Å². The van der Waals surface area contributed by atoms with Crippen molar-refractivity contribution in [3.05, 3.63) is 59.8 Å². The van der Waals surface area contributed by atoms with Gasteiger partial charge in [-0.1, -0.05) is 36.4 Å². The molecule has 1 N–H and O–H groups in total. The van der Waals surface area contributed by atoms with Crippen LogP contribution in [0.15, 0.2) is 48.7 Å². The summed E-state index contributed by atoms with van der Waals surface area (Å²) in [5.74, 6) is 0.558. The van der Waals surface area contributed by atoms with E-state index in [0.29, 0.717) is 17.9 Å². The molecule has 1 fully saturated rings. The number of hydrogen-bond acceptors (Lipinski definition) is 6. The molecule has 0 spiro atoms. The fraction of sp³-hybridized carbons (Fsp3) is 0.316. The molecule has 1 aromatic carbocycles.